The van der Waals surface area contributed by atoms with Crippen LogP contribution in [-0.2, 0) is 14.8 Å². The van der Waals surface area contributed by atoms with Gasteiger partial charge in [-0.15, -0.1) is 0 Å². The van der Waals surface area contributed by atoms with Crippen LogP contribution in [0, 0.1) is 0 Å². The minimum absolute atomic E-state index is 0.0591. The third kappa shape index (κ3) is 5.82. The number of nitrogens with zero attached hydrogens (tertiary/aromatic N) is 3. The Kier molecular flexibility index (Phi) is 6.64. The van der Waals surface area contributed by atoms with Crippen molar-refractivity contribution in [3.8, 4) is 0 Å². The number of primary sulfonamides is 1. The lowest BCUT2D eigenvalue weighted by atomic mass is 10.1. The second-order valence-corrected chi connectivity index (χ2v) is 7.31. The Morgan fingerprint density at radius 2 is 2.14 bits per heavy atom. The van der Waals surface area contributed by atoms with Crippen LogP contribution in [0.25, 0.3) is 0 Å². The van der Waals surface area contributed by atoms with E-state index in [1.807, 2.05) is 13.8 Å². The molecule has 0 aromatic carbocycles. The molecule has 0 amide bonds. The van der Waals surface area contributed by atoms with Gasteiger partial charge in [0.05, 0.1) is 23.7 Å². The summed E-state index contributed by atoms with van der Waals surface area (Å²) in [6.45, 7) is 8.87. The van der Waals surface area contributed by atoms with Crippen LogP contribution in [0.4, 0.5) is 4.39 Å². The molecule has 0 radical (unpaired) electrons. The number of guanidine groups is 1. The van der Waals surface area contributed by atoms with Gasteiger partial charge in [-0.3, -0.25) is 0 Å². The van der Waals surface area contributed by atoms with E-state index in [0.717, 1.165) is 6.20 Å². The lowest BCUT2D eigenvalue weighted by Gasteiger charge is -2.37. The van der Waals surface area contributed by atoms with Gasteiger partial charge in [-0.25, -0.2) is 27.9 Å². The summed E-state index contributed by atoms with van der Waals surface area (Å²) >= 11 is 0. The summed E-state index contributed by atoms with van der Waals surface area (Å²) in [6.07, 6.45) is 0.911. The smallest absolute Gasteiger partial charge is 0.224 e. The number of likely N-dealkylation sites (tertiary alicyclic amines) is 1. The maximum atomic E-state index is 12.8. The molecular weight excluding hydrogens is 311 g/mol. The molecule has 1 aliphatic rings. The zero-order chi connectivity index (χ0) is 16.9. The minimum Gasteiger partial charge on any atom is -0.374 e. The fourth-order valence-electron chi connectivity index (χ4n) is 2.26. The van der Waals surface area contributed by atoms with Crippen molar-refractivity contribution >= 4 is 22.7 Å². The van der Waals surface area contributed by atoms with Crippen molar-refractivity contribution in [2.75, 3.05) is 13.1 Å². The summed E-state index contributed by atoms with van der Waals surface area (Å²) in [6, 6.07) is 0. The van der Waals surface area contributed by atoms with E-state index in [0.29, 0.717) is 13.0 Å². The quantitative estimate of drug-likeness (QED) is 0.613. The van der Waals surface area contributed by atoms with Crippen molar-refractivity contribution in [2.24, 2.45) is 15.1 Å². The van der Waals surface area contributed by atoms with Gasteiger partial charge in [0, 0.05) is 13.1 Å². The number of allylic oxidation sites excluding steroid dienone is 1. The number of sulfonamides is 1. The van der Waals surface area contributed by atoms with Crippen molar-refractivity contribution in [2.45, 2.75) is 44.6 Å². The van der Waals surface area contributed by atoms with Gasteiger partial charge >= 0.3 is 0 Å². The highest BCUT2D eigenvalue weighted by molar-refractivity contribution is 7.89. The molecule has 0 aromatic heterocycles. The first-order valence-corrected chi connectivity index (χ1v) is 8.53. The first kappa shape index (κ1) is 18.7. The Bertz CT molecular complexity index is 556. The summed E-state index contributed by atoms with van der Waals surface area (Å²) < 4.78 is 41.9. The maximum absolute atomic E-state index is 12.8. The van der Waals surface area contributed by atoms with Crippen molar-refractivity contribution in [3.05, 3.63) is 12.0 Å². The molecule has 126 valence electrons. The number of halogens is 1. The number of aliphatic imine (C=N–C) groups is 2. The van der Waals surface area contributed by atoms with Crippen LogP contribution >= 0.6 is 0 Å². The van der Waals surface area contributed by atoms with Crippen LogP contribution in [0.3, 0.4) is 0 Å². The molecule has 2 atom stereocenters. The van der Waals surface area contributed by atoms with Crippen molar-refractivity contribution in [1.29, 1.82) is 0 Å². The second-order valence-electron chi connectivity index (χ2n) is 5.46. The van der Waals surface area contributed by atoms with Crippen molar-refractivity contribution < 1.29 is 17.5 Å². The van der Waals surface area contributed by atoms with E-state index < -0.39 is 21.1 Å². The Morgan fingerprint density at radius 3 is 2.59 bits per heavy atom. The lowest BCUT2D eigenvalue weighted by Crippen LogP contribution is -2.52. The highest BCUT2D eigenvalue weighted by Crippen LogP contribution is 2.20. The molecule has 1 heterocycles. The van der Waals surface area contributed by atoms with Crippen LogP contribution in [0.15, 0.2) is 22.0 Å². The highest BCUT2D eigenvalue weighted by Gasteiger charge is 2.35. The molecule has 0 spiro atoms. The summed E-state index contributed by atoms with van der Waals surface area (Å²) in [5, 5.41) is 4.46. The predicted octanol–water partition coefficient (Wildman–Crippen LogP) is 1.03. The van der Waals surface area contributed by atoms with Gasteiger partial charge in [0.25, 0.3) is 0 Å². The SMILES string of the molecule is C=NC(=N/C=C(\C)F)N1C[C@@H](OC(C)C)C[C@@H](S(N)(=O)=O)C1. The fraction of sp³-hybridized carbons (Fsp3) is 0.692. The molecule has 0 aromatic rings. The molecular formula is C13H23FN4O3S. The van der Waals surface area contributed by atoms with E-state index in [4.69, 9.17) is 9.88 Å². The van der Waals surface area contributed by atoms with Crippen LogP contribution < -0.4 is 5.14 Å². The average Bonchev–Trinajstić information content (AvgIpc) is 2.37. The third-order valence-electron chi connectivity index (χ3n) is 3.09. The molecule has 7 nitrogen and oxygen atoms in total. The number of ether oxygens (including phenoxy) is 1. The molecule has 1 aliphatic heterocycles. The molecule has 0 unspecified atom stereocenters. The van der Waals surface area contributed by atoms with Crippen molar-refractivity contribution in [3.63, 3.8) is 0 Å². The topological polar surface area (TPSA) is 97.3 Å². The van der Waals surface area contributed by atoms with E-state index in [9.17, 15) is 12.8 Å². The lowest BCUT2D eigenvalue weighted by molar-refractivity contribution is -0.0198. The standard InChI is InChI=1S/C13H23FN4O3S/c1-9(2)21-11-5-12(22(15,19)20)8-18(7-11)13(16-4)17-6-10(3)14/h6,9,11-12H,4-5,7-8H2,1-3H3,(H2,15,19,20)/b10-6+,17-13?/t11-,12+/m0/s1. The Morgan fingerprint density at radius 1 is 1.50 bits per heavy atom. The van der Waals surface area contributed by atoms with Gasteiger partial charge in [0.1, 0.15) is 5.83 Å². The van der Waals surface area contributed by atoms with Crippen molar-refractivity contribution in [1.82, 2.24) is 4.90 Å². The van der Waals surface area contributed by atoms with Gasteiger partial charge in [-0.05, 0) is 33.9 Å². The van der Waals surface area contributed by atoms with Crippen LogP contribution in [0.5, 0.6) is 0 Å². The normalized spacial score (nSPS) is 24.7. The summed E-state index contributed by atoms with van der Waals surface area (Å²) in [5.41, 5.74) is 0. The number of nitrogens with two attached hydrogens (primary N) is 1. The van der Waals surface area contributed by atoms with Gasteiger partial charge < -0.3 is 9.64 Å². The van der Waals surface area contributed by atoms with Gasteiger partial charge in [0.2, 0.25) is 16.0 Å². The minimum atomic E-state index is -3.73. The van der Waals surface area contributed by atoms with E-state index in [2.05, 4.69) is 16.7 Å². The molecule has 0 aliphatic carbocycles. The van der Waals surface area contributed by atoms with Gasteiger partial charge in [-0.1, -0.05) is 0 Å². The Labute approximate surface area is 130 Å². The Hall–Kier alpha value is -1.32. The van der Waals surface area contributed by atoms with Crippen LogP contribution in [0.2, 0.25) is 0 Å². The van der Waals surface area contributed by atoms with E-state index in [-0.39, 0.29) is 24.7 Å². The molecule has 9 heteroatoms. The predicted molar refractivity (Wildman–Crippen MR) is 84.9 cm³/mol. The number of hydrogen-bond donors (Lipinski definition) is 1. The summed E-state index contributed by atoms with van der Waals surface area (Å²) in [5.74, 6) is -0.348. The molecule has 1 saturated heterocycles. The average molecular weight is 334 g/mol. The van der Waals surface area contributed by atoms with E-state index in [1.165, 1.54) is 6.92 Å². The number of hydrogen-bond acceptors (Lipinski definition) is 4. The molecule has 22 heavy (non-hydrogen) atoms. The molecule has 0 saturated carbocycles. The molecule has 1 rings (SSSR count). The third-order valence-corrected chi connectivity index (χ3v) is 4.36. The summed E-state index contributed by atoms with van der Waals surface area (Å²) in [4.78, 5) is 9.21. The maximum Gasteiger partial charge on any atom is 0.224 e. The molecule has 0 bridgehead atoms. The number of rotatable bonds is 4. The van der Waals surface area contributed by atoms with Crippen LogP contribution in [0.1, 0.15) is 27.2 Å². The van der Waals surface area contributed by atoms with Gasteiger partial charge in [0.15, 0.2) is 0 Å². The summed E-state index contributed by atoms with van der Waals surface area (Å²) in [7, 11) is -3.73. The largest absolute Gasteiger partial charge is 0.374 e. The fourth-order valence-corrected chi connectivity index (χ4v) is 3.13. The molecule has 2 N–H and O–H groups in total. The zero-order valence-corrected chi connectivity index (χ0v) is 13.9. The van der Waals surface area contributed by atoms with Gasteiger partial charge in [-0.2, -0.15) is 0 Å². The van der Waals surface area contributed by atoms with E-state index >= 15 is 0 Å². The molecule has 1 fully saturated rings. The Balaban J connectivity index is 3.03. The first-order valence-electron chi connectivity index (χ1n) is 6.92. The monoisotopic (exact) mass is 334 g/mol. The zero-order valence-electron chi connectivity index (χ0n) is 13.1. The van der Waals surface area contributed by atoms with E-state index in [1.54, 1.807) is 4.90 Å². The number of piperidine rings is 1. The second kappa shape index (κ2) is 7.80. The van der Waals surface area contributed by atoms with Crippen LogP contribution in [-0.4, -0.2) is 56.5 Å². The highest BCUT2D eigenvalue weighted by atomic mass is 32.2. The first-order chi connectivity index (χ1) is 10.1.